The van der Waals surface area contributed by atoms with Crippen LogP contribution in [0.1, 0.15) is 22.5 Å². The van der Waals surface area contributed by atoms with E-state index in [-0.39, 0.29) is 0 Å². The molecule has 2 rings (SSSR count). The molecule has 2 N–H and O–H groups in total. The molecule has 2 aromatic rings. The molecule has 0 amide bonds. The number of imidazole rings is 1. The van der Waals surface area contributed by atoms with E-state index in [9.17, 15) is 0 Å². The smallest absolute Gasteiger partial charge is 0.0997 e. The average Bonchev–Trinajstić information content (AvgIpc) is 2.63. The topological polar surface area (TPSA) is 43.8 Å². The Labute approximate surface area is 102 Å². The van der Waals surface area contributed by atoms with Crippen LogP contribution in [0.25, 0.3) is 5.69 Å². The molecule has 90 valence electrons. The highest BCUT2D eigenvalue weighted by Crippen LogP contribution is 2.19. The van der Waals surface area contributed by atoms with Gasteiger partial charge in [0, 0.05) is 11.4 Å². The fraction of sp³-hybridized carbons (Fsp3) is 0.357. The number of nitrogens with zero attached hydrogens (tertiary/aromatic N) is 2. The van der Waals surface area contributed by atoms with Crippen molar-refractivity contribution in [2.45, 2.75) is 27.2 Å². The average molecular weight is 229 g/mol. The highest BCUT2D eigenvalue weighted by Gasteiger charge is 2.07. The minimum atomic E-state index is 0.685. The Kier molecular flexibility index (Phi) is 3.29. The van der Waals surface area contributed by atoms with E-state index < -0.39 is 0 Å². The maximum atomic E-state index is 5.60. The summed E-state index contributed by atoms with van der Waals surface area (Å²) in [6.45, 7) is 6.93. The zero-order valence-electron chi connectivity index (χ0n) is 10.7. The normalized spacial score (nSPS) is 10.8. The Morgan fingerprint density at radius 3 is 2.59 bits per heavy atom. The van der Waals surface area contributed by atoms with E-state index in [0.29, 0.717) is 6.54 Å². The number of nitrogens with two attached hydrogens (primary N) is 1. The Hall–Kier alpha value is -1.61. The van der Waals surface area contributed by atoms with Gasteiger partial charge < -0.3 is 10.3 Å². The van der Waals surface area contributed by atoms with E-state index >= 15 is 0 Å². The van der Waals surface area contributed by atoms with Crippen LogP contribution < -0.4 is 5.73 Å². The van der Waals surface area contributed by atoms with Gasteiger partial charge in [0.1, 0.15) is 0 Å². The van der Waals surface area contributed by atoms with Gasteiger partial charge in [-0.2, -0.15) is 0 Å². The number of rotatable bonds is 3. The molecule has 0 aliphatic carbocycles. The molecule has 0 saturated carbocycles. The van der Waals surface area contributed by atoms with Gasteiger partial charge in [0.05, 0.1) is 12.0 Å². The van der Waals surface area contributed by atoms with Gasteiger partial charge in [-0.15, -0.1) is 0 Å². The second kappa shape index (κ2) is 4.72. The lowest BCUT2D eigenvalue weighted by atomic mass is 10.1. The number of hydrogen-bond acceptors (Lipinski definition) is 2. The minimum absolute atomic E-state index is 0.685. The van der Waals surface area contributed by atoms with Crippen molar-refractivity contribution in [1.29, 1.82) is 0 Å². The van der Waals surface area contributed by atoms with E-state index in [1.807, 2.05) is 13.3 Å². The van der Waals surface area contributed by atoms with E-state index in [0.717, 1.165) is 12.1 Å². The van der Waals surface area contributed by atoms with Crippen molar-refractivity contribution in [2.24, 2.45) is 5.73 Å². The summed E-state index contributed by atoms with van der Waals surface area (Å²) in [7, 11) is 0. The lowest BCUT2D eigenvalue weighted by Crippen LogP contribution is -2.05. The molecular weight excluding hydrogens is 210 g/mol. The summed E-state index contributed by atoms with van der Waals surface area (Å²) in [5.74, 6) is 0. The van der Waals surface area contributed by atoms with Gasteiger partial charge in [0.15, 0.2) is 0 Å². The van der Waals surface area contributed by atoms with Gasteiger partial charge in [-0.25, -0.2) is 4.98 Å². The van der Waals surface area contributed by atoms with E-state index in [1.165, 1.54) is 22.5 Å². The van der Waals surface area contributed by atoms with Crippen molar-refractivity contribution in [3.63, 3.8) is 0 Å². The standard InChI is InChI=1S/C14H19N3/c1-10-4-5-13(6-7-15)8-14(10)17-9-16-11(2)12(17)3/h4-5,8-9H,6-7,15H2,1-3H3. The first-order valence-corrected chi connectivity index (χ1v) is 5.94. The molecule has 0 aliphatic rings. The van der Waals surface area contributed by atoms with Gasteiger partial charge in [-0.1, -0.05) is 12.1 Å². The highest BCUT2D eigenvalue weighted by atomic mass is 15.1. The van der Waals surface area contributed by atoms with Crippen LogP contribution in [0.5, 0.6) is 0 Å². The molecule has 1 aromatic heterocycles. The molecule has 0 fully saturated rings. The molecule has 0 unspecified atom stereocenters. The van der Waals surface area contributed by atoms with Crippen molar-refractivity contribution in [1.82, 2.24) is 9.55 Å². The minimum Gasteiger partial charge on any atom is -0.330 e. The summed E-state index contributed by atoms with van der Waals surface area (Å²) in [5, 5.41) is 0. The van der Waals surface area contributed by atoms with E-state index in [4.69, 9.17) is 5.73 Å². The summed E-state index contributed by atoms with van der Waals surface area (Å²) < 4.78 is 2.14. The van der Waals surface area contributed by atoms with Crippen molar-refractivity contribution >= 4 is 0 Å². The zero-order valence-corrected chi connectivity index (χ0v) is 10.7. The summed E-state index contributed by atoms with van der Waals surface area (Å²) in [5.41, 5.74) is 11.6. The maximum absolute atomic E-state index is 5.60. The molecule has 0 radical (unpaired) electrons. The van der Waals surface area contributed by atoms with E-state index in [1.54, 1.807) is 0 Å². The van der Waals surface area contributed by atoms with Crippen LogP contribution in [-0.4, -0.2) is 16.1 Å². The Balaban J connectivity index is 2.50. The van der Waals surface area contributed by atoms with Gasteiger partial charge in [0.25, 0.3) is 0 Å². The van der Waals surface area contributed by atoms with Crippen LogP contribution in [0.4, 0.5) is 0 Å². The van der Waals surface area contributed by atoms with Gasteiger partial charge >= 0.3 is 0 Å². The third kappa shape index (κ3) is 2.24. The van der Waals surface area contributed by atoms with Crippen molar-refractivity contribution < 1.29 is 0 Å². The predicted molar refractivity (Wildman–Crippen MR) is 70.5 cm³/mol. The van der Waals surface area contributed by atoms with Crippen LogP contribution in [-0.2, 0) is 6.42 Å². The lowest BCUT2D eigenvalue weighted by molar-refractivity contribution is 0.945. The third-order valence-electron chi connectivity index (χ3n) is 3.22. The maximum Gasteiger partial charge on any atom is 0.0997 e. The van der Waals surface area contributed by atoms with Crippen LogP contribution in [0, 0.1) is 20.8 Å². The van der Waals surface area contributed by atoms with Crippen molar-refractivity contribution in [3.8, 4) is 5.69 Å². The van der Waals surface area contributed by atoms with E-state index in [2.05, 4.69) is 41.6 Å². The Bertz CT molecular complexity index is 526. The number of benzene rings is 1. The molecule has 0 spiro atoms. The molecule has 0 atom stereocenters. The van der Waals surface area contributed by atoms with Crippen molar-refractivity contribution in [2.75, 3.05) is 6.54 Å². The van der Waals surface area contributed by atoms with Gasteiger partial charge in [0.2, 0.25) is 0 Å². The molecule has 1 aromatic carbocycles. The third-order valence-corrected chi connectivity index (χ3v) is 3.22. The van der Waals surface area contributed by atoms with Crippen LogP contribution in [0.15, 0.2) is 24.5 Å². The second-order valence-corrected chi connectivity index (χ2v) is 4.44. The summed E-state index contributed by atoms with van der Waals surface area (Å²) in [4.78, 5) is 4.35. The SMILES string of the molecule is Cc1ccc(CCN)cc1-n1cnc(C)c1C. The fourth-order valence-electron chi connectivity index (χ4n) is 1.98. The zero-order chi connectivity index (χ0) is 12.4. The summed E-state index contributed by atoms with van der Waals surface area (Å²) in [6, 6.07) is 6.50. The van der Waals surface area contributed by atoms with Gasteiger partial charge in [-0.05, 0) is 50.9 Å². The monoisotopic (exact) mass is 229 g/mol. The largest absolute Gasteiger partial charge is 0.330 e. The summed E-state index contributed by atoms with van der Waals surface area (Å²) >= 11 is 0. The molecule has 0 saturated heterocycles. The predicted octanol–water partition coefficient (Wildman–Crippen LogP) is 2.30. The molecule has 0 bridgehead atoms. The molecule has 3 heteroatoms. The van der Waals surface area contributed by atoms with Crippen LogP contribution in [0.3, 0.4) is 0 Å². The lowest BCUT2D eigenvalue weighted by Gasteiger charge is -2.11. The fourth-order valence-corrected chi connectivity index (χ4v) is 1.98. The van der Waals surface area contributed by atoms with Crippen LogP contribution in [0.2, 0.25) is 0 Å². The first-order valence-electron chi connectivity index (χ1n) is 5.94. The Morgan fingerprint density at radius 1 is 1.24 bits per heavy atom. The number of hydrogen-bond donors (Lipinski definition) is 1. The molecule has 0 aliphatic heterocycles. The van der Waals surface area contributed by atoms with Gasteiger partial charge in [-0.3, -0.25) is 0 Å². The molecular formula is C14H19N3. The number of aromatic nitrogens is 2. The van der Waals surface area contributed by atoms with Crippen LogP contribution >= 0.6 is 0 Å². The first-order chi connectivity index (χ1) is 8.13. The molecule has 3 nitrogen and oxygen atoms in total. The number of aryl methyl sites for hydroxylation is 2. The van der Waals surface area contributed by atoms with Crippen molar-refractivity contribution in [3.05, 3.63) is 47.0 Å². The second-order valence-electron chi connectivity index (χ2n) is 4.44. The Morgan fingerprint density at radius 2 is 2.00 bits per heavy atom. The quantitative estimate of drug-likeness (QED) is 0.877. The highest BCUT2D eigenvalue weighted by molar-refractivity contribution is 5.45. The summed E-state index contributed by atoms with van der Waals surface area (Å²) in [6.07, 6.45) is 2.80. The molecule has 1 heterocycles. The molecule has 17 heavy (non-hydrogen) atoms. The first kappa shape index (κ1) is 11.9.